The molecule has 6 heteroatoms. The number of amides is 2. The molecule has 2 aliphatic rings. The number of fused-ring (bicyclic) bond motifs is 1. The third-order valence-corrected chi connectivity index (χ3v) is 6.39. The fourth-order valence-electron chi connectivity index (χ4n) is 3.48. The van der Waals surface area contributed by atoms with Crippen LogP contribution in [-0.2, 0) is 12.8 Å². The van der Waals surface area contributed by atoms with Gasteiger partial charge in [-0.1, -0.05) is 11.6 Å². The van der Waals surface area contributed by atoms with E-state index in [2.05, 4.69) is 5.32 Å². The first-order valence-corrected chi connectivity index (χ1v) is 9.83. The first kappa shape index (κ1) is 16.6. The van der Waals surface area contributed by atoms with Gasteiger partial charge in [0, 0.05) is 23.5 Å². The zero-order valence-corrected chi connectivity index (χ0v) is 15.4. The lowest BCUT2D eigenvalue weighted by Gasteiger charge is -2.16. The Hall–Kier alpha value is -1.85. The van der Waals surface area contributed by atoms with Crippen LogP contribution in [-0.4, -0.2) is 29.8 Å². The minimum absolute atomic E-state index is 0.000217. The second-order valence-corrected chi connectivity index (χ2v) is 8.10. The Morgan fingerprint density at radius 2 is 1.88 bits per heavy atom. The first-order chi connectivity index (χ1) is 12.1. The highest BCUT2D eigenvalue weighted by atomic mass is 35.5. The SMILES string of the molecule is O=C(Nc1cc(C(=O)N2CCCC2)ccc1Cl)c1cc2c(s1)CCC2. The summed E-state index contributed by atoms with van der Waals surface area (Å²) in [5, 5.41) is 3.31. The molecular formula is C19H19ClN2O2S. The molecule has 0 bridgehead atoms. The van der Waals surface area contributed by atoms with Crippen molar-refractivity contribution in [2.75, 3.05) is 18.4 Å². The Morgan fingerprint density at radius 1 is 1.08 bits per heavy atom. The maximum absolute atomic E-state index is 12.6. The highest BCUT2D eigenvalue weighted by Gasteiger charge is 2.22. The molecular weight excluding hydrogens is 356 g/mol. The normalized spacial score (nSPS) is 16.1. The van der Waals surface area contributed by atoms with Crippen molar-refractivity contribution in [1.82, 2.24) is 4.90 Å². The molecule has 2 aromatic rings. The van der Waals surface area contributed by atoms with Gasteiger partial charge in [-0.25, -0.2) is 0 Å². The van der Waals surface area contributed by atoms with Crippen LogP contribution < -0.4 is 5.32 Å². The van der Waals surface area contributed by atoms with Crippen LogP contribution in [0, 0.1) is 0 Å². The predicted octanol–water partition coefficient (Wildman–Crippen LogP) is 4.38. The zero-order valence-electron chi connectivity index (χ0n) is 13.8. The van der Waals surface area contributed by atoms with Crippen LogP contribution in [0.3, 0.4) is 0 Å². The topological polar surface area (TPSA) is 49.4 Å². The molecule has 0 spiro atoms. The molecule has 1 aromatic heterocycles. The van der Waals surface area contributed by atoms with Crippen LogP contribution in [0.2, 0.25) is 5.02 Å². The number of thiophene rings is 1. The van der Waals surface area contributed by atoms with E-state index in [1.807, 2.05) is 11.0 Å². The number of nitrogens with one attached hydrogen (secondary N) is 1. The van der Waals surface area contributed by atoms with Gasteiger partial charge in [0.1, 0.15) is 0 Å². The van der Waals surface area contributed by atoms with Crippen LogP contribution in [0.4, 0.5) is 5.69 Å². The lowest BCUT2D eigenvalue weighted by atomic mass is 10.1. The van der Waals surface area contributed by atoms with Gasteiger partial charge in [0.15, 0.2) is 0 Å². The van der Waals surface area contributed by atoms with E-state index in [-0.39, 0.29) is 11.8 Å². The smallest absolute Gasteiger partial charge is 0.265 e. The number of nitrogens with zero attached hydrogens (tertiary/aromatic N) is 1. The summed E-state index contributed by atoms with van der Waals surface area (Å²) in [5.41, 5.74) is 2.35. The first-order valence-electron chi connectivity index (χ1n) is 8.63. The molecule has 1 aliphatic carbocycles. The molecule has 0 atom stereocenters. The molecule has 2 heterocycles. The molecule has 130 valence electrons. The highest BCUT2D eigenvalue weighted by molar-refractivity contribution is 7.14. The third kappa shape index (κ3) is 3.31. The molecule has 25 heavy (non-hydrogen) atoms. The lowest BCUT2D eigenvalue weighted by Crippen LogP contribution is -2.27. The number of carbonyl (C=O) groups is 2. The molecule has 0 saturated carbocycles. The molecule has 1 aliphatic heterocycles. The number of anilines is 1. The fraction of sp³-hybridized carbons (Fsp3) is 0.368. The van der Waals surface area contributed by atoms with Gasteiger partial charge in [-0.3, -0.25) is 9.59 Å². The zero-order chi connectivity index (χ0) is 17.4. The van der Waals surface area contributed by atoms with Gasteiger partial charge >= 0.3 is 0 Å². The van der Waals surface area contributed by atoms with Crippen LogP contribution in [0.1, 0.15) is 49.7 Å². The van der Waals surface area contributed by atoms with E-state index in [0.717, 1.165) is 38.8 Å². The fourth-order valence-corrected chi connectivity index (χ4v) is 4.80. The Kier molecular flexibility index (Phi) is 4.52. The molecule has 1 fully saturated rings. The minimum Gasteiger partial charge on any atom is -0.339 e. The van der Waals surface area contributed by atoms with Crippen LogP contribution in [0.15, 0.2) is 24.3 Å². The van der Waals surface area contributed by atoms with E-state index < -0.39 is 0 Å². The summed E-state index contributed by atoms with van der Waals surface area (Å²) in [7, 11) is 0. The summed E-state index contributed by atoms with van der Waals surface area (Å²) >= 11 is 7.79. The standard InChI is InChI=1S/C19H19ClN2O2S/c20-14-7-6-13(19(24)22-8-1-2-9-22)10-15(14)21-18(23)17-11-12-4-3-5-16(12)25-17/h6-7,10-11H,1-5,8-9H2,(H,21,23). The maximum Gasteiger partial charge on any atom is 0.265 e. The van der Waals surface area contributed by atoms with Crippen molar-refractivity contribution in [3.8, 4) is 0 Å². The molecule has 1 N–H and O–H groups in total. The van der Waals surface area contributed by atoms with Crippen molar-refractivity contribution < 1.29 is 9.59 Å². The summed E-state index contributed by atoms with van der Waals surface area (Å²) in [6.45, 7) is 1.59. The van der Waals surface area contributed by atoms with Gasteiger partial charge < -0.3 is 10.2 Å². The molecule has 4 rings (SSSR count). The van der Waals surface area contributed by atoms with Crippen LogP contribution in [0.25, 0.3) is 0 Å². The summed E-state index contributed by atoms with van der Waals surface area (Å²) in [4.78, 5) is 29.0. The van der Waals surface area contributed by atoms with Crippen molar-refractivity contribution >= 4 is 40.4 Å². The van der Waals surface area contributed by atoms with Gasteiger partial charge in [-0.2, -0.15) is 0 Å². The van der Waals surface area contributed by atoms with Crippen molar-refractivity contribution in [2.24, 2.45) is 0 Å². The third-order valence-electron chi connectivity index (χ3n) is 4.83. The Labute approximate surface area is 155 Å². The second-order valence-electron chi connectivity index (χ2n) is 6.56. The Morgan fingerprint density at radius 3 is 2.64 bits per heavy atom. The van der Waals surface area contributed by atoms with E-state index in [4.69, 9.17) is 11.6 Å². The Balaban J connectivity index is 1.53. The number of benzene rings is 1. The monoisotopic (exact) mass is 374 g/mol. The molecule has 4 nitrogen and oxygen atoms in total. The van der Waals surface area contributed by atoms with E-state index in [9.17, 15) is 9.59 Å². The predicted molar refractivity (Wildman–Crippen MR) is 101 cm³/mol. The summed E-state index contributed by atoms with van der Waals surface area (Å²) in [6, 6.07) is 7.06. The van der Waals surface area contributed by atoms with E-state index in [1.54, 1.807) is 29.5 Å². The van der Waals surface area contributed by atoms with Gasteiger partial charge in [0.25, 0.3) is 11.8 Å². The van der Waals surface area contributed by atoms with Gasteiger partial charge in [0.05, 0.1) is 15.6 Å². The largest absolute Gasteiger partial charge is 0.339 e. The van der Waals surface area contributed by atoms with E-state index >= 15 is 0 Å². The molecule has 0 radical (unpaired) electrons. The number of halogens is 1. The number of aryl methyl sites for hydroxylation is 2. The van der Waals surface area contributed by atoms with Crippen LogP contribution >= 0.6 is 22.9 Å². The minimum atomic E-state index is -0.160. The van der Waals surface area contributed by atoms with E-state index in [1.165, 1.54) is 16.9 Å². The number of likely N-dealkylation sites (tertiary alicyclic amines) is 1. The van der Waals surface area contributed by atoms with Crippen molar-refractivity contribution in [2.45, 2.75) is 32.1 Å². The average molecular weight is 375 g/mol. The van der Waals surface area contributed by atoms with Crippen molar-refractivity contribution in [3.63, 3.8) is 0 Å². The second kappa shape index (κ2) is 6.81. The highest BCUT2D eigenvalue weighted by Crippen LogP contribution is 2.32. The van der Waals surface area contributed by atoms with Gasteiger partial charge in [-0.15, -0.1) is 11.3 Å². The summed E-state index contributed by atoms with van der Waals surface area (Å²) in [6.07, 6.45) is 5.39. The van der Waals surface area contributed by atoms with Crippen molar-refractivity contribution in [3.05, 3.63) is 50.2 Å². The summed E-state index contributed by atoms with van der Waals surface area (Å²) < 4.78 is 0. The molecule has 1 saturated heterocycles. The molecule has 1 aromatic carbocycles. The number of carbonyl (C=O) groups excluding carboxylic acids is 2. The number of rotatable bonds is 3. The van der Waals surface area contributed by atoms with Gasteiger partial charge in [-0.05, 0) is 61.9 Å². The molecule has 0 unspecified atom stereocenters. The Bertz CT molecular complexity index is 818. The van der Waals surface area contributed by atoms with E-state index in [0.29, 0.717) is 21.2 Å². The quantitative estimate of drug-likeness (QED) is 0.866. The van der Waals surface area contributed by atoms with Crippen LogP contribution in [0.5, 0.6) is 0 Å². The number of hydrogen-bond donors (Lipinski definition) is 1. The lowest BCUT2D eigenvalue weighted by molar-refractivity contribution is 0.0792. The average Bonchev–Trinajstić information content (AvgIpc) is 3.33. The maximum atomic E-state index is 12.6. The summed E-state index contributed by atoms with van der Waals surface area (Å²) in [5.74, 6) is -0.160. The van der Waals surface area contributed by atoms with Crippen molar-refractivity contribution in [1.29, 1.82) is 0 Å². The number of hydrogen-bond acceptors (Lipinski definition) is 3. The van der Waals surface area contributed by atoms with Gasteiger partial charge in [0.2, 0.25) is 0 Å². The molecule has 2 amide bonds.